The number of hydrogen-bond donors (Lipinski definition) is 3. The van der Waals surface area contributed by atoms with Crippen molar-refractivity contribution >= 4 is 18.0 Å². The maximum Gasteiger partial charge on any atom is 0.407 e. The van der Waals surface area contributed by atoms with Crippen LogP contribution < -0.4 is 10.6 Å². The number of benzene rings is 2. The highest BCUT2D eigenvalue weighted by Gasteiger charge is 2.30. The van der Waals surface area contributed by atoms with E-state index in [0.29, 0.717) is 0 Å². The lowest BCUT2D eigenvalue weighted by Crippen LogP contribution is -2.51. The van der Waals surface area contributed by atoms with E-state index in [-0.39, 0.29) is 25.4 Å². The Balaban J connectivity index is 1.62. The van der Waals surface area contributed by atoms with Crippen LogP contribution >= 0.6 is 0 Å². The number of alkyl carbamates (subject to hydrolysis) is 1. The standard InChI is InChI=1S/C24H24N2O5/c1-3-9-21(23(28)29)25-22(27)20(4-2)26-24(30)31-14-19-17-12-7-5-10-15(17)16-11-6-8-13-18(16)19/h1,5-8,10-13,19-21H,4,9,14H2,2H3,(H,25,27)(H,26,30)(H,28,29)/t20-,21?/m0/s1. The third-order valence-electron chi connectivity index (χ3n) is 5.30. The molecule has 1 aliphatic carbocycles. The number of ether oxygens (including phenoxy) is 1. The minimum atomic E-state index is -1.23. The molecule has 0 bridgehead atoms. The van der Waals surface area contributed by atoms with Crippen molar-refractivity contribution in [3.63, 3.8) is 0 Å². The second-order valence-electron chi connectivity index (χ2n) is 7.24. The van der Waals surface area contributed by atoms with Crippen molar-refractivity contribution in [3.8, 4) is 23.5 Å². The first-order valence-electron chi connectivity index (χ1n) is 10.0. The van der Waals surface area contributed by atoms with Gasteiger partial charge in [-0.2, -0.15) is 0 Å². The van der Waals surface area contributed by atoms with Gasteiger partial charge in [0.05, 0.1) is 0 Å². The number of carbonyl (C=O) groups is 3. The summed E-state index contributed by atoms with van der Waals surface area (Å²) in [7, 11) is 0. The number of fused-ring (bicyclic) bond motifs is 3. The summed E-state index contributed by atoms with van der Waals surface area (Å²) >= 11 is 0. The van der Waals surface area contributed by atoms with Crippen LogP contribution in [0.15, 0.2) is 48.5 Å². The molecular formula is C24H24N2O5. The topological polar surface area (TPSA) is 105 Å². The van der Waals surface area contributed by atoms with Crippen molar-refractivity contribution in [1.29, 1.82) is 0 Å². The number of carboxylic acid groups (broad SMARTS) is 1. The number of carbonyl (C=O) groups excluding carboxylic acids is 2. The summed E-state index contributed by atoms with van der Waals surface area (Å²) in [6, 6.07) is 13.8. The number of terminal acetylenes is 1. The first kappa shape index (κ1) is 21.9. The van der Waals surface area contributed by atoms with E-state index in [1.54, 1.807) is 6.92 Å². The summed E-state index contributed by atoms with van der Waals surface area (Å²) in [5.41, 5.74) is 4.40. The van der Waals surface area contributed by atoms with Gasteiger partial charge < -0.3 is 20.5 Å². The van der Waals surface area contributed by atoms with Gasteiger partial charge in [-0.25, -0.2) is 9.59 Å². The minimum Gasteiger partial charge on any atom is -0.480 e. The van der Waals surface area contributed by atoms with Crippen LogP contribution in [0, 0.1) is 12.3 Å². The van der Waals surface area contributed by atoms with Gasteiger partial charge in [0, 0.05) is 12.3 Å². The van der Waals surface area contributed by atoms with Crippen LogP contribution in [-0.4, -0.2) is 41.8 Å². The van der Waals surface area contributed by atoms with Crippen LogP contribution in [0.1, 0.15) is 36.8 Å². The molecule has 0 aliphatic heterocycles. The molecule has 0 aromatic heterocycles. The molecule has 7 nitrogen and oxygen atoms in total. The van der Waals surface area contributed by atoms with Gasteiger partial charge in [-0.15, -0.1) is 12.3 Å². The summed E-state index contributed by atoms with van der Waals surface area (Å²) in [5.74, 6) is 0.254. The Kier molecular flexibility index (Phi) is 6.93. The summed E-state index contributed by atoms with van der Waals surface area (Å²) in [6.45, 7) is 1.82. The molecule has 31 heavy (non-hydrogen) atoms. The molecule has 2 aromatic rings. The van der Waals surface area contributed by atoms with Gasteiger partial charge in [-0.1, -0.05) is 55.5 Å². The second kappa shape index (κ2) is 9.81. The Bertz CT molecular complexity index is 981. The molecule has 3 rings (SSSR count). The molecule has 0 saturated heterocycles. The van der Waals surface area contributed by atoms with Crippen molar-refractivity contribution < 1.29 is 24.2 Å². The third kappa shape index (κ3) is 4.86. The molecule has 1 aliphatic rings. The molecular weight excluding hydrogens is 396 g/mol. The summed E-state index contributed by atoms with van der Waals surface area (Å²) in [5, 5.41) is 14.0. The maximum atomic E-state index is 12.4. The predicted octanol–water partition coefficient (Wildman–Crippen LogP) is 2.90. The number of nitrogens with one attached hydrogen (secondary N) is 2. The van der Waals surface area contributed by atoms with Gasteiger partial charge in [0.25, 0.3) is 0 Å². The molecule has 160 valence electrons. The van der Waals surface area contributed by atoms with Crippen LogP contribution in [0.5, 0.6) is 0 Å². The zero-order chi connectivity index (χ0) is 22.4. The van der Waals surface area contributed by atoms with E-state index in [0.717, 1.165) is 22.3 Å². The fraction of sp³-hybridized carbons (Fsp3) is 0.292. The molecule has 7 heteroatoms. The number of amides is 2. The number of hydrogen-bond acceptors (Lipinski definition) is 4. The van der Waals surface area contributed by atoms with E-state index in [1.165, 1.54) is 0 Å². The summed E-state index contributed by atoms with van der Waals surface area (Å²) < 4.78 is 5.44. The van der Waals surface area contributed by atoms with Crippen molar-refractivity contribution in [3.05, 3.63) is 59.7 Å². The quantitative estimate of drug-likeness (QED) is 0.570. The van der Waals surface area contributed by atoms with E-state index < -0.39 is 30.1 Å². The second-order valence-corrected chi connectivity index (χ2v) is 7.24. The highest BCUT2D eigenvalue weighted by atomic mass is 16.5. The highest BCUT2D eigenvalue weighted by Crippen LogP contribution is 2.44. The third-order valence-corrected chi connectivity index (χ3v) is 5.30. The van der Waals surface area contributed by atoms with E-state index >= 15 is 0 Å². The van der Waals surface area contributed by atoms with Gasteiger partial charge in [0.1, 0.15) is 18.7 Å². The Labute approximate surface area is 180 Å². The van der Waals surface area contributed by atoms with Gasteiger partial charge in [-0.05, 0) is 28.7 Å². The SMILES string of the molecule is C#CCC(NC(=O)[C@H](CC)NC(=O)OCC1c2ccccc2-c2ccccc21)C(=O)O. The molecule has 0 heterocycles. The lowest BCUT2D eigenvalue weighted by molar-refractivity contribution is -0.141. The first-order valence-corrected chi connectivity index (χ1v) is 10.0. The predicted molar refractivity (Wildman–Crippen MR) is 115 cm³/mol. The van der Waals surface area contributed by atoms with Crippen LogP contribution in [0.25, 0.3) is 11.1 Å². The normalized spacial score (nSPS) is 13.8. The summed E-state index contributed by atoms with van der Waals surface area (Å²) in [6.07, 6.45) is 4.51. The van der Waals surface area contributed by atoms with Gasteiger partial charge in [0.2, 0.25) is 5.91 Å². The maximum absolute atomic E-state index is 12.4. The van der Waals surface area contributed by atoms with Crippen molar-refractivity contribution in [2.24, 2.45) is 0 Å². The highest BCUT2D eigenvalue weighted by molar-refractivity contribution is 5.89. The molecule has 2 atom stereocenters. The molecule has 3 N–H and O–H groups in total. The number of aliphatic carboxylic acids is 1. The zero-order valence-electron chi connectivity index (χ0n) is 17.1. The smallest absolute Gasteiger partial charge is 0.407 e. The Hall–Kier alpha value is -3.79. The number of rotatable bonds is 8. The van der Waals surface area contributed by atoms with Crippen LogP contribution in [0.3, 0.4) is 0 Å². The van der Waals surface area contributed by atoms with Crippen LogP contribution in [0.4, 0.5) is 4.79 Å². The largest absolute Gasteiger partial charge is 0.480 e. The van der Waals surface area contributed by atoms with Crippen molar-refractivity contribution in [1.82, 2.24) is 10.6 Å². The molecule has 1 unspecified atom stereocenters. The van der Waals surface area contributed by atoms with Crippen LogP contribution in [-0.2, 0) is 14.3 Å². The van der Waals surface area contributed by atoms with Gasteiger partial charge in [-0.3, -0.25) is 4.79 Å². The van der Waals surface area contributed by atoms with Crippen LogP contribution in [0.2, 0.25) is 0 Å². The Morgan fingerprint density at radius 3 is 2.13 bits per heavy atom. The average Bonchev–Trinajstić information content (AvgIpc) is 3.09. The fourth-order valence-electron chi connectivity index (χ4n) is 3.73. The Morgan fingerprint density at radius 1 is 1.03 bits per heavy atom. The average molecular weight is 420 g/mol. The molecule has 0 spiro atoms. The van der Waals surface area contributed by atoms with E-state index in [1.807, 2.05) is 48.5 Å². The van der Waals surface area contributed by atoms with Gasteiger partial charge >= 0.3 is 12.1 Å². The van der Waals surface area contributed by atoms with Crippen molar-refractivity contribution in [2.75, 3.05) is 6.61 Å². The van der Waals surface area contributed by atoms with E-state index in [4.69, 9.17) is 16.3 Å². The monoisotopic (exact) mass is 420 g/mol. The zero-order valence-corrected chi connectivity index (χ0v) is 17.1. The van der Waals surface area contributed by atoms with E-state index in [9.17, 15) is 14.4 Å². The van der Waals surface area contributed by atoms with Crippen molar-refractivity contribution in [2.45, 2.75) is 37.8 Å². The lowest BCUT2D eigenvalue weighted by Gasteiger charge is -2.20. The molecule has 2 amide bonds. The molecule has 2 aromatic carbocycles. The van der Waals surface area contributed by atoms with Gasteiger partial charge in [0.15, 0.2) is 0 Å². The lowest BCUT2D eigenvalue weighted by atomic mass is 9.98. The number of carboxylic acids is 1. The minimum absolute atomic E-state index is 0.0981. The Morgan fingerprint density at radius 2 is 1.61 bits per heavy atom. The molecule has 0 saturated carbocycles. The first-order chi connectivity index (χ1) is 15.0. The molecule has 0 fully saturated rings. The fourth-order valence-corrected chi connectivity index (χ4v) is 3.73. The summed E-state index contributed by atoms with van der Waals surface area (Å²) in [4.78, 5) is 35.9. The molecule has 0 radical (unpaired) electrons. The van der Waals surface area contributed by atoms with E-state index in [2.05, 4.69) is 16.6 Å².